The molecule has 0 aromatic heterocycles. The van der Waals surface area contributed by atoms with Gasteiger partial charge in [0.25, 0.3) is 6.43 Å². The van der Waals surface area contributed by atoms with Crippen molar-refractivity contribution < 1.29 is 27.6 Å². The number of alkyl halides is 2. The van der Waals surface area contributed by atoms with Crippen molar-refractivity contribution in [3.05, 3.63) is 53.6 Å². The molecule has 150 valence electrons. The zero-order valence-corrected chi connectivity index (χ0v) is 16.8. The second-order valence-electron chi connectivity index (χ2n) is 7.83. The molecule has 0 amide bonds. The smallest absolute Gasteiger partial charge is 0.493 e. The lowest BCUT2D eigenvalue weighted by molar-refractivity contribution is 0.00578. The van der Waals surface area contributed by atoms with Crippen molar-refractivity contribution in [1.29, 1.82) is 0 Å². The van der Waals surface area contributed by atoms with Crippen LogP contribution in [-0.4, -0.2) is 25.4 Å². The van der Waals surface area contributed by atoms with Crippen molar-refractivity contribution in [1.82, 2.24) is 0 Å². The van der Waals surface area contributed by atoms with Crippen LogP contribution in [0.5, 0.6) is 11.5 Å². The summed E-state index contributed by atoms with van der Waals surface area (Å²) in [7, 11) is 1.07. The van der Waals surface area contributed by atoms with Crippen molar-refractivity contribution in [3.8, 4) is 11.5 Å². The Bertz CT molecular complexity index is 806. The summed E-state index contributed by atoms with van der Waals surface area (Å²) >= 11 is 0. The molecular formula is C21H25BF2O4. The highest BCUT2D eigenvalue weighted by atomic mass is 19.3. The molecule has 3 rings (SSSR count). The van der Waals surface area contributed by atoms with Crippen molar-refractivity contribution >= 4 is 12.6 Å². The first kappa shape index (κ1) is 20.6. The van der Waals surface area contributed by atoms with Crippen LogP contribution in [0.4, 0.5) is 8.78 Å². The van der Waals surface area contributed by atoms with E-state index >= 15 is 0 Å². The topological polar surface area (TPSA) is 36.9 Å². The Morgan fingerprint density at radius 3 is 2.07 bits per heavy atom. The third kappa shape index (κ3) is 4.15. The Morgan fingerprint density at radius 2 is 1.54 bits per heavy atom. The van der Waals surface area contributed by atoms with E-state index < -0.39 is 24.7 Å². The lowest BCUT2D eigenvalue weighted by Gasteiger charge is -2.32. The van der Waals surface area contributed by atoms with Gasteiger partial charge in [0.1, 0.15) is 6.61 Å². The van der Waals surface area contributed by atoms with Gasteiger partial charge in [0, 0.05) is 5.56 Å². The lowest BCUT2D eigenvalue weighted by Crippen LogP contribution is -2.41. The number of benzene rings is 2. The van der Waals surface area contributed by atoms with E-state index in [9.17, 15) is 8.78 Å². The van der Waals surface area contributed by atoms with Crippen LogP contribution in [0.1, 0.15) is 45.2 Å². The maximum absolute atomic E-state index is 12.6. The van der Waals surface area contributed by atoms with E-state index in [1.54, 1.807) is 25.3 Å². The van der Waals surface area contributed by atoms with Crippen LogP contribution in [0.3, 0.4) is 0 Å². The first-order chi connectivity index (χ1) is 13.1. The van der Waals surface area contributed by atoms with Gasteiger partial charge in [-0.15, -0.1) is 0 Å². The lowest BCUT2D eigenvalue weighted by atomic mass is 9.79. The van der Waals surface area contributed by atoms with Gasteiger partial charge in [-0.05, 0) is 50.9 Å². The highest BCUT2D eigenvalue weighted by molar-refractivity contribution is 6.62. The van der Waals surface area contributed by atoms with E-state index in [0.29, 0.717) is 11.5 Å². The Balaban J connectivity index is 1.71. The van der Waals surface area contributed by atoms with Crippen LogP contribution in [0.25, 0.3) is 0 Å². The third-order valence-corrected chi connectivity index (χ3v) is 5.34. The largest absolute Gasteiger partial charge is 0.494 e. The Kier molecular flexibility index (Phi) is 5.68. The zero-order chi connectivity index (χ0) is 20.5. The summed E-state index contributed by atoms with van der Waals surface area (Å²) in [6, 6.07) is 11.6. The molecule has 2 aromatic carbocycles. The molecule has 2 aromatic rings. The Hall–Kier alpha value is -2.12. The minimum atomic E-state index is -2.47. The molecule has 4 nitrogen and oxygen atoms in total. The van der Waals surface area contributed by atoms with Gasteiger partial charge in [-0.3, -0.25) is 0 Å². The molecule has 1 aliphatic rings. The minimum absolute atomic E-state index is 0.00639. The molecule has 0 atom stereocenters. The second-order valence-corrected chi connectivity index (χ2v) is 7.83. The number of hydrogen-bond acceptors (Lipinski definition) is 4. The molecule has 7 heteroatoms. The van der Waals surface area contributed by atoms with Crippen molar-refractivity contribution in [2.75, 3.05) is 7.11 Å². The first-order valence-corrected chi connectivity index (χ1v) is 9.16. The standard InChI is InChI=1S/C21H25BF2O4/c1-20(2)21(3,4)28-22(27-20)16-10-11-17(18(12-16)25-5)26-13-14-6-8-15(9-7-14)19(23)24/h6-12,19H,13H2,1-5H3. The molecule has 28 heavy (non-hydrogen) atoms. The average molecular weight is 390 g/mol. The molecule has 1 heterocycles. The summed E-state index contributed by atoms with van der Waals surface area (Å²) < 4.78 is 48.7. The van der Waals surface area contributed by atoms with Crippen LogP contribution in [-0.2, 0) is 15.9 Å². The average Bonchev–Trinajstić information content (AvgIpc) is 2.87. The first-order valence-electron chi connectivity index (χ1n) is 9.16. The van der Waals surface area contributed by atoms with Gasteiger partial charge < -0.3 is 18.8 Å². The molecular weight excluding hydrogens is 365 g/mol. The van der Waals surface area contributed by atoms with Crippen molar-refractivity contribution in [2.24, 2.45) is 0 Å². The van der Waals surface area contributed by atoms with E-state index in [1.807, 2.05) is 39.8 Å². The minimum Gasteiger partial charge on any atom is -0.493 e. The highest BCUT2D eigenvalue weighted by Gasteiger charge is 2.51. The molecule has 0 spiro atoms. The SMILES string of the molecule is COc1cc(B2OC(C)(C)C(C)(C)O2)ccc1OCc1ccc(C(F)F)cc1. The molecule has 0 N–H and O–H groups in total. The number of rotatable bonds is 6. The summed E-state index contributed by atoms with van der Waals surface area (Å²) in [5, 5.41) is 0. The Labute approximate surface area is 164 Å². The van der Waals surface area contributed by atoms with E-state index in [2.05, 4.69) is 0 Å². The fraction of sp³-hybridized carbons (Fsp3) is 0.429. The van der Waals surface area contributed by atoms with Gasteiger partial charge in [-0.25, -0.2) is 8.78 Å². The Morgan fingerprint density at radius 1 is 0.929 bits per heavy atom. The maximum atomic E-state index is 12.6. The fourth-order valence-corrected chi connectivity index (χ4v) is 2.85. The van der Waals surface area contributed by atoms with Gasteiger partial charge in [-0.2, -0.15) is 0 Å². The van der Waals surface area contributed by atoms with Crippen LogP contribution in [0.2, 0.25) is 0 Å². The highest BCUT2D eigenvalue weighted by Crippen LogP contribution is 2.37. The molecule has 1 fully saturated rings. The van der Waals surface area contributed by atoms with Gasteiger partial charge in [0.2, 0.25) is 0 Å². The molecule has 0 bridgehead atoms. The molecule has 0 radical (unpaired) electrons. The van der Waals surface area contributed by atoms with Gasteiger partial charge >= 0.3 is 7.12 Å². The van der Waals surface area contributed by atoms with Crippen molar-refractivity contribution in [3.63, 3.8) is 0 Å². The van der Waals surface area contributed by atoms with Crippen LogP contribution < -0.4 is 14.9 Å². The molecule has 0 unspecified atom stereocenters. The number of halogens is 2. The normalized spacial score (nSPS) is 17.8. The summed E-state index contributed by atoms with van der Waals surface area (Å²) in [4.78, 5) is 0. The molecule has 1 aliphatic heterocycles. The predicted molar refractivity (Wildman–Crippen MR) is 104 cm³/mol. The molecule has 0 aliphatic carbocycles. The van der Waals surface area contributed by atoms with E-state index in [1.165, 1.54) is 12.1 Å². The quantitative estimate of drug-likeness (QED) is 0.681. The van der Waals surface area contributed by atoms with Gasteiger partial charge in [0.05, 0.1) is 18.3 Å². The van der Waals surface area contributed by atoms with Gasteiger partial charge in [-0.1, -0.05) is 30.3 Å². The summed E-state index contributed by atoms with van der Waals surface area (Å²) in [5.74, 6) is 1.11. The maximum Gasteiger partial charge on any atom is 0.494 e. The fourth-order valence-electron chi connectivity index (χ4n) is 2.85. The van der Waals surface area contributed by atoms with E-state index in [0.717, 1.165) is 11.0 Å². The van der Waals surface area contributed by atoms with Crippen molar-refractivity contribution in [2.45, 2.75) is 51.9 Å². The number of hydrogen-bond donors (Lipinski definition) is 0. The second kappa shape index (κ2) is 7.72. The monoisotopic (exact) mass is 390 g/mol. The van der Waals surface area contributed by atoms with Gasteiger partial charge in [0.15, 0.2) is 11.5 Å². The zero-order valence-electron chi connectivity index (χ0n) is 16.8. The van der Waals surface area contributed by atoms with Crippen LogP contribution in [0.15, 0.2) is 42.5 Å². The third-order valence-electron chi connectivity index (χ3n) is 5.34. The summed E-state index contributed by atoms with van der Waals surface area (Å²) in [5.41, 5.74) is 0.772. The molecule has 1 saturated heterocycles. The molecule has 0 saturated carbocycles. The number of methoxy groups -OCH3 is 1. The van der Waals surface area contributed by atoms with E-state index in [-0.39, 0.29) is 12.2 Å². The van der Waals surface area contributed by atoms with E-state index in [4.69, 9.17) is 18.8 Å². The summed E-state index contributed by atoms with van der Waals surface area (Å²) in [6.45, 7) is 8.25. The van der Waals surface area contributed by atoms with Crippen LogP contribution >= 0.6 is 0 Å². The predicted octanol–water partition coefficient (Wildman–Crippen LogP) is 4.51. The number of ether oxygens (including phenoxy) is 2. The summed E-state index contributed by atoms with van der Waals surface area (Å²) in [6.07, 6.45) is -2.47. The van der Waals surface area contributed by atoms with Crippen LogP contribution in [0, 0.1) is 0 Å².